The highest BCUT2D eigenvalue weighted by atomic mass is 16.5. The van der Waals surface area contributed by atoms with Gasteiger partial charge >= 0.3 is 0 Å². The van der Waals surface area contributed by atoms with Gasteiger partial charge in [-0.25, -0.2) is 4.98 Å². The first-order chi connectivity index (χ1) is 16.6. The highest BCUT2D eigenvalue weighted by molar-refractivity contribution is 6.02. The van der Waals surface area contributed by atoms with Crippen molar-refractivity contribution in [2.24, 2.45) is 0 Å². The molecular weight excluding hydrogens is 428 g/mol. The molecule has 8 nitrogen and oxygen atoms in total. The maximum Gasteiger partial charge on any atom is 0.251 e. The summed E-state index contributed by atoms with van der Waals surface area (Å²) in [5.74, 6) is 0.818. The van der Waals surface area contributed by atoms with Crippen molar-refractivity contribution in [1.29, 1.82) is 0 Å². The van der Waals surface area contributed by atoms with Crippen LogP contribution in [-0.4, -0.2) is 57.8 Å². The molecule has 4 heterocycles. The molecule has 1 aromatic carbocycles. The number of hydrogen-bond donors (Lipinski definition) is 2. The third-order valence-electron chi connectivity index (χ3n) is 6.48. The molecule has 1 aliphatic carbocycles. The second-order valence-electron chi connectivity index (χ2n) is 9.27. The Labute approximate surface area is 198 Å². The van der Waals surface area contributed by atoms with Crippen LogP contribution in [-0.2, 0) is 16.1 Å². The molecule has 2 saturated heterocycles. The van der Waals surface area contributed by atoms with Crippen LogP contribution in [0.4, 0.5) is 5.82 Å². The van der Waals surface area contributed by atoms with Crippen LogP contribution in [0.2, 0.25) is 0 Å². The van der Waals surface area contributed by atoms with Gasteiger partial charge in [0.15, 0.2) is 5.65 Å². The molecule has 1 saturated carbocycles. The number of anilines is 1. The first kappa shape index (κ1) is 21.1. The van der Waals surface area contributed by atoms with Crippen molar-refractivity contribution in [1.82, 2.24) is 24.8 Å². The molecule has 3 aromatic rings. The van der Waals surface area contributed by atoms with Crippen molar-refractivity contribution in [3.8, 4) is 11.3 Å². The summed E-state index contributed by atoms with van der Waals surface area (Å²) < 4.78 is 7.32. The van der Waals surface area contributed by atoms with Gasteiger partial charge < -0.3 is 15.4 Å². The average molecular weight is 457 g/mol. The zero-order chi connectivity index (χ0) is 23.1. The number of amides is 1. The number of fused-ring (bicyclic) bond motifs is 1. The van der Waals surface area contributed by atoms with Crippen molar-refractivity contribution in [2.75, 3.05) is 31.6 Å². The molecule has 2 N–H and O–H groups in total. The Kier molecular flexibility index (Phi) is 5.39. The van der Waals surface area contributed by atoms with Gasteiger partial charge in [-0.2, -0.15) is 9.61 Å². The molecule has 6 rings (SSSR count). The Bertz CT molecular complexity index is 1300. The van der Waals surface area contributed by atoms with E-state index in [0.29, 0.717) is 18.0 Å². The Morgan fingerprint density at radius 2 is 2.09 bits per heavy atom. The number of morpholine rings is 1. The van der Waals surface area contributed by atoms with Crippen LogP contribution >= 0.6 is 0 Å². The van der Waals surface area contributed by atoms with Crippen molar-refractivity contribution < 1.29 is 9.53 Å². The molecule has 1 amide bonds. The van der Waals surface area contributed by atoms with Gasteiger partial charge in [-0.1, -0.05) is 24.8 Å². The van der Waals surface area contributed by atoms with Gasteiger partial charge in [0.2, 0.25) is 0 Å². The molecule has 3 fully saturated rings. The molecule has 34 heavy (non-hydrogen) atoms. The molecule has 2 aromatic heterocycles. The van der Waals surface area contributed by atoms with Gasteiger partial charge in [-0.3, -0.25) is 9.69 Å². The number of aromatic nitrogens is 3. The van der Waals surface area contributed by atoms with Gasteiger partial charge in [-0.05, 0) is 30.5 Å². The Balaban J connectivity index is 1.38. The minimum atomic E-state index is -0.104. The minimum absolute atomic E-state index is 0.104. The van der Waals surface area contributed by atoms with Crippen molar-refractivity contribution in [2.45, 2.75) is 31.8 Å². The summed E-state index contributed by atoms with van der Waals surface area (Å²) in [6.07, 6.45) is 6.50. The van der Waals surface area contributed by atoms with Crippen LogP contribution in [0, 0.1) is 0 Å². The Hall–Kier alpha value is -3.49. The van der Waals surface area contributed by atoms with Crippen LogP contribution in [0.5, 0.6) is 0 Å². The summed E-state index contributed by atoms with van der Waals surface area (Å²) in [5, 5.41) is 11.0. The number of carbonyl (C=O) groups excluding carboxylic acids is 1. The average Bonchev–Trinajstić information content (AvgIpc) is 3.48. The van der Waals surface area contributed by atoms with E-state index in [1.807, 2.05) is 10.6 Å². The number of hydrogen-bond acceptors (Lipinski definition) is 6. The van der Waals surface area contributed by atoms with E-state index >= 15 is 0 Å². The maximum atomic E-state index is 12.2. The van der Waals surface area contributed by atoms with E-state index in [0.717, 1.165) is 79.7 Å². The summed E-state index contributed by atoms with van der Waals surface area (Å²) in [5.41, 5.74) is 6.17. The normalized spacial score (nSPS) is 20.3. The van der Waals surface area contributed by atoms with E-state index in [2.05, 4.69) is 57.5 Å². The van der Waals surface area contributed by atoms with Crippen molar-refractivity contribution >= 4 is 23.4 Å². The SMILES string of the molecule is C=C1C/C(=C\c2cnn3c(NC4CC4)cc(-c4cccc(CN5CCOCC5)c4)nc23)C(=O)N1. The number of nitrogens with zero attached hydrogens (tertiary/aromatic N) is 4. The Morgan fingerprint density at radius 1 is 1.24 bits per heavy atom. The van der Waals surface area contributed by atoms with E-state index < -0.39 is 0 Å². The smallest absolute Gasteiger partial charge is 0.251 e. The zero-order valence-electron chi connectivity index (χ0n) is 19.1. The molecule has 3 aliphatic rings. The first-order valence-corrected chi connectivity index (χ1v) is 11.9. The lowest BCUT2D eigenvalue weighted by molar-refractivity contribution is -0.115. The van der Waals surface area contributed by atoms with Gasteiger partial charge in [0.05, 0.1) is 25.1 Å². The lowest BCUT2D eigenvalue weighted by Crippen LogP contribution is -2.35. The van der Waals surface area contributed by atoms with Gasteiger partial charge in [0.25, 0.3) is 5.91 Å². The first-order valence-electron chi connectivity index (χ1n) is 11.9. The molecule has 174 valence electrons. The van der Waals surface area contributed by atoms with Crippen LogP contribution in [0.15, 0.2) is 54.4 Å². The molecular formula is C26H28N6O2. The van der Waals surface area contributed by atoms with E-state index in [9.17, 15) is 4.79 Å². The molecule has 8 heteroatoms. The third-order valence-corrected chi connectivity index (χ3v) is 6.48. The second kappa shape index (κ2) is 8.70. The number of nitrogens with one attached hydrogen (secondary N) is 2. The minimum Gasteiger partial charge on any atom is -0.379 e. The topological polar surface area (TPSA) is 83.8 Å². The summed E-state index contributed by atoms with van der Waals surface area (Å²) in [4.78, 5) is 19.7. The highest BCUT2D eigenvalue weighted by Crippen LogP contribution is 2.30. The van der Waals surface area contributed by atoms with E-state index in [4.69, 9.17) is 9.72 Å². The van der Waals surface area contributed by atoms with Gasteiger partial charge in [0.1, 0.15) is 5.82 Å². The van der Waals surface area contributed by atoms with Gasteiger partial charge in [0, 0.05) is 60.6 Å². The summed E-state index contributed by atoms with van der Waals surface area (Å²) >= 11 is 0. The monoisotopic (exact) mass is 456 g/mol. The van der Waals surface area contributed by atoms with Crippen LogP contribution < -0.4 is 10.6 Å². The second-order valence-corrected chi connectivity index (χ2v) is 9.27. The van der Waals surface area contributed by atoms with E-state index in [-0.39, 0.29) is 5.91 Å². The molecule has 0 atom stereocenters. The lowest BCUT2D eigenvalue weighted by atomic mass is 10.1. The Morgan fingerprint density at radius 3 is 2.85 bits per heavy atom. The molecule has 2 aliphatic heterocycles. The quantitative estimate of drug-likeness (QED) is 0.554. The largest absolute Gasteiger partial charge is 0.379 e. The standard InChI is InChI=1S/C26H28N6O2/c1-17-11-20(26(33)28-17)13-21-15-27-32-24(29-22-5-6-22)14-23(30-25(21)32)19-4-2-3-18(12-19)16-31-7-9-34-10-8-31/h2-4,12-15,22,29H,1,5-11,16H2,(H,28,33)/b20-13+. The number of allylic oxidation sites excluding steroid dienone is 1. The fourth-order valence-corrected chi connectivity index (χ4v) is 4.52. The van der Waals surface area contributed by atoms with Crippen molar-refractivity contribution in [3.05, 3.63) is 65.5 Å². The summed E-state index contributed by atoms with van der Waals surface area (Å²) in [7, 11) is 0. The van der Waals surface area contributed by atoms with Crippen LogP contribution in [0.3, 0.4) is 0 Å². The van der Waals surface area contributed by atoms with Gasteiger partial charge in [-0.15, -0.1) is 0 Å². The molecule has 0 bridgehead atoms. The van der Waals surface area contributed by atoms with Crippen LogP contribution in [0.1, 0.15) is 30.4 Å². The summed E-state index contributed by atoms with van der Waals surface area (Å²) in [6.45, 7) is 8.27. The highest BCUT2D eigenvalue weighted by Gasteiger charge is 2.24. The number of carbonyl (C=O) groups is 1. The maximum absolute atomic E-state index is 12.2. The predicted octanol–water partition coefficient (Wildman–Crippen LogP) is 3.22. The predicted molar refractivity (Wildman–Crippen MR) is 131 cm³/mol. The fourth-order valence-electron chi connectivity index (χ4n) is 4.52. The van der Waals surface area contributed by atoms with Crippen LogP contribution in [0.25, 0.3) is 23.0 Å². The number of ether oxygens (including phenoxy) is 1. The fraction of sp³-hybridized carbons (Fsp3) is 0.346. The van der Waals surface area contributed by atoms with E-state index in [1.54, 1.807) is 6.20 Å². The summed E-state index contributed by atoms with van der Waals surface area (Å²) in [6, 6.07) is 11.1. The molecule has 0 unspecified atom stereocenters. The van der Waals surface area contributed by atoms with E-state index in [1.165, 1.54) is 5.56 Å². The van der Waals surface area contributed by atoms with Crippen molar-refractivity contribution in [3.63, 3.8) is 0 Å². The molecule has 0 radical (unpaired) electrons. The molecule has 0 spiro atoms. The lowest BCUT2D eigenvalue weighted by Gasteiger charge is -2.26. The number of benzene rings is 1. The zero-order valence-corrected chi connectivity index (χ0v) is 19.1. The number of rotatable bonds is 6. The third kappa shape index (κ3) is 4.34.